The molecule has 3 N–H and O–H groups in total. The average Bonchev–Trinajstić information content (AvgIpc) is 3.02. The van der Waals surface area contributed by atoms with Gasteiger partial charge in [0, 0.05) is 6.42 Å². The number of carbonyl (C=O) groups is 1. The highest BCUT2D eigenvalue weighted by Crippen LogP contribution is 2.15. The third kappa shape index (κ3) is 32.0. The van der Waals surface area contributed by atoms with Crippen molar-refractivity contribution in [2.24, 2.45) is 0 Å². The van der Waals surface area contributed by atoms with Gasteiger partial charge in [0.2, 0.25) is 5.91 Å². The summed E-state index contributed by atoms with van der Waals surface area (Å²) in [5.41, 5.74) is 0. The largest absolute Gasteiger partial charge is 0.394 e. The van der Waals surface area contributed by atoms with Gasteiger partial charge in [-0.05, 0) is 44.9 Å². The summed E-state index contributed by atoms with van der Waals surface area (Å²) in [5, 5.41) is 22.5. The van der Waals surface area contributed by atoms with Crippen LogP contribution >= 0.6 is 0 Å². The maximum absolute atomic E-state index is 11.9. The second-order valence-electron chi connectivity index (χ2n) is 13.0. The molecule has 0 heterocycles. The van der Waals surface area contributed by atoms with E-state index in [2.05, 4.69) is 43.5 Å². The average molecular weight is 618 g/mol. The standard InChI is InChI=1S/C40H75NO3/c1-3-5-7-8-9-10-11-12-13-14-15-16-17-18-19-20-21-22-23-24-25-26-27-28-29-30-31-32-34-35-39(43)38(37-42)41-40(44)36-33-6-4-2/h25-26,29-30,34-35,38-39,42-43H,3-24,27-28,31-33,36-37H2,1-2H3,(H,41,44)/b26-25+,30-29+,35-34+. The Labute approximate surface area is 274 Å². The lowest BCUT2D eigenvalue weighted by molar-refractivity contribution is -0.123. The normalized spacial score (nSPS) is 13.5. The van der Waals surface area contributed by atoms with E-state index in [1.54, 1.807) is 6.08 Å². The summed E-state index contributed by atoms with van der Waals surface area (Å²) in [7, 11) is 0. The topological polar surface area (TPSA) is 69.6 Å². The summed E-state index contributed by atoms with van der Waals surface area (Å²) >= 11 is 0. The predicted octanol–water partition coefficient (Wildman–Crippen LogP) is 11.5. The van der Waals surface area contributed by atoms with Gasteiger partial charge < -0.3 is 15.5 Å². The van der Waals surface area contributed by atoms with Gasteiger partial charge in [-0.2, -0.15) is 0 Å². The molecule has 0 aromatic carbocycles. The highest BCUT2D eigenvalue weighted by atomic mass is 16.3. The molecule has 2 unspecified atom stereocenters. The van der Waals surface area contributed by atoms with Gasteiger partial charge in [-0.15, -0.1) is 0 Å². The van der Waals surface area contributed by atoms with Crippen LogP contribution in [0.3, 0.4) is 0 Å². The van der Waals surface area contributed by atoms with Crippen LogP contribution in [0.15, 0.2) is 36.5 Å². The first-order chi connectivity index (χ1) is 21.7. The molecule has 0 saturated carbocycles. The van der Waals surface area contributed by atoms with Crippen molar-refractivity contribution in [2.45, 2.75) is 206 Å². The fourth-order valence-corrected chi connectivity index (χ4v) is 5.62. The number of aliphatic hydroxyl groups is 2. The number of unbranched alkanes of at least 4 members (excludes halogenated alkanes) is 23. The lowest BCUT2D eigenvalue weighted by atomic mass is 10.0. The molecule has 4 nitrogen and oxygen atoms in total. The molecule has 0 bridgehead atoms. The second-order valence-corrected chi connectivity index (χ2v) is 13.0. The van der Waals surface area contributed by atoms with E-state index in [0.29, 0.717) is 6.42 Å². The van der Waals surface area contributed by atoms with E-state index >= 15 is 0 Å². The predicted molar refractivity (Wildman–Crippen MR) is 193 cm³/mol. The van der Waals surface area contributed by atoms with E-state index in [9.17, 15) is 15.0 Å². The molecule has 0 aliphatic carbocycles. The van der Waals surface area contributed by atoms with Gasteiger partial charge in [0.15, 0.2) is 0 Å². The summed E-state index contributed by atoms with van der Waals surface area (Å²) in [4.78, 5) is 11.9. The second kappa shape index (κ2) is 36.1. The van der Waals surface area contributed by atoms with E-state index in [0.717, 1.165) is 44.9 Å². The van der Waals surface area contributed by atoms with Crippen molar-refractivity contribution in [3.8, 4) is 0 Å². The zero-order chi connectivity index (χ0) is 32.2. The van der Waals surface area contributed by atoms with Crippen molar-refractivity contribution >= 4 is 5.91 Å². The fraction of sp³-hybridized carbons (Fsp3) is 0.825. The van der Waals surface area contributed by atoms with Crippen molar-refractivity contribution in [1.29, 1.82) is 0 Å². The van der Waals surface area contributed by atoms with Gasteiger partial charge in [0.05, 0.1) is 18.8 Å². The summed E-state index contributed by atoms with van der Waals surface area (Å²) in [6.07, 6.45) is 47.5. The van der Waals surface area contributed by atoms with Crippen molar-refractivity contribution in [3.05, 3.63) is 36.5 Å². The smallest absolute Gasteiger partial charge is 0.220 e. The molecular formula is C40H75NO3. The van der Waals surface area contributed by atoms with Crippen LogP contribution in [0, 0.1) is 0 Å². The Kier molecular flexibility index (Phi) is 34.9. The lowest BCUT2D eigenvalue weighted by Crippen LogP contribution is -2.45. The van der Waals surface area contributed by atoms with Gasteiger partial charge >= 0.3 is 0 Å². The minimum absolute atomic E-state index is 0.104. The van der Waals surface area contributed by atoms with Gasteiger partial charge in [0.25, 0.3) is 0 Å². The van der Waals surface area contributed by atoms with Crippen LogP contribution in [0.4, 0.5) is 0 Å². The highest BCUT2D eigenvalue weighted by Gasteiger charge is 2.17. The first kappa shape index (κ1) is 42.6. The number of carbonyl (C=O) groups excluding carboxylic acids is 1. The Hall–Kier alpha value is -1.39. The molecule has 4 heteroatoms. The first-order valence-corrected chi connectivity index (χ1v) is 19.2. The van der Waals surface area contributed by atoms with Gasteiger partial charge in [-0.25, -0.2) is 0 Å². The number of aliphatic hydroxyl groups excluding tert-OH is 2. The summed E-state index contributed by atoms with van der Waals surface area (Å²) in [5.74, 6) is -0.104. The minimum Gasteiger partial charge on any atom is -0.394 e. The summed E-state index contributed by atoms with van der Waals surface area (Å²) in [6.45, 7) is 4.13. The molecule has 1 amide bonds. The molecular weight excluding hydrogens is 542 g/mol. The molecule has 0 saturated heterocycles. The van der Waals surface area contributed by atoms with E-state index < -0.39 is 12.1 Å². The maximum atomic E-state index is 11.9. The van der Waals surface area contributed by atoms with Crippen LogP contribution in [-0.4, -0.2) is 34.9 Å². The highest BCUT2D eigenvalue weighted by molar-refractivity contribution is 5.76. The van der Waals surface area contributed by atoms with Gasteiger partial charge in [-0.3, -0.25) is 4.79 Å². The fourth-order valence-electron chi connectivity index (χ4n) is 5.62. The van der Waals surface area contributed by atoms with E-state index in [4.69, 9.17) is 0 Å². The molecule has 0 rings (SSSR count). The third-order valence-electron chi connectivity index (χ3n) is 8.60. The quantitative estimate of drug-likeness (QED) is 0.0497. The Morgan fingerprint density at radius 1 is 0.523 bits per heavy atom. The zero-order valence-electron chi connectivity index (χ0n) is 29.4. The van der Waals surface area contributed by atoms with Crippen LogP contribution < -0.4 is 5.32 Å². The van der Waals surface area contributed by atoms with Crippen LogP contribution in [-0.2, 0) is 4.79 Å². The SMILES string of the molecule is CCCCCCCCCCCCCCCCCCCCC/C=C/CC/C=C/CC/C=C/C(O)C(CO)NC(=O)CCCCC. The number of amides is 1. The summed E-state index contributed by atoms with van der Waals surface area (Å²) < 4.78 is 0. The molecule has 0 radical (unpaired) electrons. The molecule has 0 aliphatic rings. The molecule has 2 atom stereocenters. The van der Waals surface area contributed by atoms with Crippen molar-refractivity contribution in [2.75, 3.05) is 6.61 Å². The van der Waals surface area contributed by atoms with Gasteiger partial charge in [-0.1, -0.05) is 179 Å². The minimum atomic E-state index is -0.863. The molecule has 0 spiro atoms. The third-order valence-corrected chi connectivity index (χ3v) is 8.60. The summed E-state index contributed by atoms with van der Waals surface area (Å²) in [6, 6.07) is -0.638. The lowest BCUT2D eigenvalue weighted by Gasteiger charge is -2.19. The van der Waals surface area contributed by atoms with E-state index in [-0.39, 0.29) is 12.5 Å². The van der Waals surface area contributed by atoms with Crippen LogP contribution in [0.2, 0.25) is 0 Å². The number of nitrogens with one attached hydrogen (secondary N) is 1. The number of allylic oxidation sites excluding steroid dienone is 5. The Morgan fingerprint density at radius 2 is 0.886 bits per heavy atom. The first-order valence-electron chi connectivity index (χ1n) is 19.2. The molecule has 44 heavy (non-hydrogen) atoms. The molecule has 258 valence electrons. The van der Waals surface area contributed by atoms with Gasteiger partial charge in [0.1, 0.15) is 0 Å². The Bertz CT molecular complexity index is 672. The van der Waals surface area contributed by atoms with Crippen molar-refractivity contribution < 1.29 is 15.0 Å². The van der Waals surface area contributed by atoms with Crippen LogP contribution in [0.5, 0.6) is 0 Å². The van der Waals surface area contributed by atoms with Crippen molar-refractivity contribution in [3.63, 3.8) is 0 Å². The zero-order valence-corrected chi connectivity index (χ0v) is 29.4. The number of hydrogen-bond acceptors (Lipinski definition) is 3. The molecule has 0 fully saturated rings. The molecule has 0 aromatic rings. The number of hydrogen-bond donors (Lipinski definition) is 3. The Balaban J connectivity index is 3.46. The van der Waals surface area contributed by atoms with Crippen LogP contribution in [0.25, 0.3) is 0 Å². The van der Waals surface area contributed by atoms with E-state index in [1.165, 1.54) is 128 Å². The molecule has 0 aliphatic heterocycles. The van der Waals surface area contributed by atoms with Crippen LogP contribution in [0.1, 0.15) is 194 Å². The molecule has 0 aromatic heterocycles. The van der Waals surface area contributed by atoms with E-state index in [1.807, 2.05) is 6.08 Å². The van der Waals surface area contributed by atoms with Crippen molar-refractivity contribution in [1.82, 2.24) is 5.32 Å². The maximum Gasteiger partial charge on any atom is 0.220 e. The Morgan fingerprint density at radius 3 is 1.32 bits per heavy atom. The monoisotopic (exact) mass is 618 g/mol. The number of rotatable bonds is 34.